The molecule has 6 heteroatoms. The second-order valence-electron chi connectivity index (χ2n) is 6.04. The van der Waals surface area contributed by atoms with Crippen LogP contribution < -0.4 is 5.32 Å². The van der Waals surface area contributed by atoms with E-state index < -0.39 is 11.6 Å². The third-order valence-electron chi connectivity index (χ3n) is 3.91. The van der Waals surface area contributed by atoms with Crippen LogP contribution in [0.2, 0.25) is 0 Å². The van der Waals surface area contributed by atoms with Gasteiger partial charge in [-0.2, -0.15) is 5.10 Å². The molecule has 0 spiro atoms. The zero-order valence-electron chi connectivity index (χ0n) is 13.2. The first-order valence-corrected chi connectivity index (χ1v) is 7.44. The van der Waals surface area contributed by atoms with Crippen molar-refractivity contribution in [3.05, 3.63) is 53.1 Å². The van der Waals surface area contributed by atoms with Crippen molar-refractivity contribution in [2.45, 2.75) is 26.8 Å². The number of aromatic nitrogens is 2. The number of allylic oxidation sites excluding steroid dienone is 1. The number of phenols is 1. The predicted molar refractivity (Wildman–Crippen MR) is 84.9 cm³/mol. The monoisotopic (exact) mass is 315 g/mol. The smallest absolute Gasteiger partial charge is 0.196 e. The number of carbonyl (C=O) groups excluding carboxylic acids is 1. The highest BCUT2D eigenvalue weighted by Crippen LogP contribution is 2.36. The van der Waals surface area contributed by atoms with Crippen molar-refractivity contribution in [3.63, 3.8) is 0 Å². The first-order chi connectivity index (χ1) is 10.9. The van der Waals surface area contributed by atoms with Gasteiger partial charge in [-0.3, -0.25) is 4.79 Å². The summed E-state index contributed by atoms with van der Waals surface area (Å²) in [6, 6.07) is 4.98. The number of hydrogen-bond donors (Lipinski definition) is 2. The minimum Gasteiger partial charge on any atom is -0.507 e. The molecule has 0 amide bonds. The zero-order valence-corrected chi connectivity index (χ0v) is 13.2. The lowest BCUT2D eigenvalue weighted by molar-refractivity contribution is 0.101. The summed E-state index contributed by atoms with van der Waals surface area (Å²) in [5.41, 5.74) is 1.24. The standard InChI is InChI=1S/C17H18FN3O2/c1-9(2)16-13(8-19-15-6-10(3)20-21(15)16)17(23)12-7-11(18)4-5-14(12)22/h4-9,16,19,22H,1-3H3. The number of Topliss-reactive ketones (excluding diaryl/α,β-unsaturated/α-hetero) is 1. The Labute approximate surface area is 133 Å². The Morgan fingerprint density at radius 2 is 2.13 bits per heavy atom. The van der Waals surface area contributed by atoms with E-state index in [4.69, 9.17) is 0 Å². The SMILES string of the molecule is Cc1cc2n(n1)C(C(C)C)C(C(=O)c1cc(F)ccc1O)=CN2. The van der Waals surface area contributed by atoms with Crippen molar-refractivity contribution in [1.29, 1.82) is 0 Å². The number of nitrogens with one attached hydrogen (secondary N) is 1. The fraction of sp³-hybridized carbons (Fsp3) is 0.294. The maximum Gasteiger partial charge on any atom is 0.196 e. The Morgan fingerprint density at radius 3 is 2.83 bits per heavy atom. The molecular formula is C17H18FN3O2. The summed E-state index contributed by atoms with van der Waals surface area (Å²) < 4.78 is 15.2. The predicted octanol–water partition coefficient (Wildman–Crippen LogP) is 3.43. The first kappa shape index (κ1) is 15.3. The molecule has 23 heavy (non-hydrogen) atoms. The number of nitrogens with zero attached hydrogens (tertiary/aromatic N) is 2. The number of ketones is 1. The minimum absolute atomic E-state index is 0.0453. The van der Waals surface area contributed by atoms with Crippen molar-refractivity contribution in [1.82, 2.24) is 9.78 Å². The summed E-state index contributed by atoms with van der Waals surface area (Å²) in [6.07, 6.45) is 1.62. The number of phenolic OH excluding ortho intramolecular Hbond substituents is 1. The molecule has 0 radical (unpaired) electrons. The number of aryl methyl sites for hydroxylation is 1. The van der Waals surface area contributed by atoms with E-state index in [2.05, 4.69) is 10.4 Å². The second-order valence-corrected chi connectivity index (χ2v) is 6.04. The van der Waals surface area contributed by atoms with E-state index in [0.717, 1.165) is 23.6 Å². The zero-order chi connectivity index (χ0) is 16.7. The van der Waals surface area contributed by atoms with Gasteiger partial charge in [0.05, 0.1) is 17.3 Å². The molecule has 0 aliphatic carbocycles. The summed E-state index contributed by atoms with van der Waals surface area (Å²) in [7, 11) is 0. The van der Waals surface area contributed by atoms with Crippen LogP contribution in [0.4, 0.5) is 10.2 Å². The van der Waals surface area contributed by atoms with Crippen molar-refractivity contribution >= 4 is 11.6 Å². The van der Waals surface area contributed by atoms with Crippen LogP contribution in [0.15, 0.2) is 36.0 Å². The lowest BCUT2D eigenvalue weighted by Gasteiger charge is -2.29. The van der Waals surface area contributed by atoms with E-state index in [0.29, 0.717) is 5.57 Å². The number of aromatic hydroxyl groups is 1. The van der Waals surface area contributed by atoms with Gasteiger partial charge in [0.25, 0.3) is 0 Å². The van der Waals surface area contributed by atoms with Gasteiger partial charge in [0, 0.05) is 17.8 Å². The van der Waals surface area contributed by atoms with E-state index in [1.54, 1.807) is 10.9 Å². The van der Waals surface area contributed by atoms with Crippen LogP contribution >= 0.6 is 0 Å². The molecule has 3 rings (SSSR count). The lowest BCUT2D eigenvalue weighted by atomic mass is 9.89. The van der Waals surface area contributed by atoms with E-state index in [1.807, 2.05) is 26.8 Å². The average Bonchev–Trinajstić information content (AvgIpc) is 2.87. The number of benzene rings is 1. The fourth-order valence-electron chi connectivity index (χ4n) is 2.89. The fourth-order valence-corrected chi connectivity index (χ4v) is 2.89. The topological polar surface area (TPSA) is 67.2 Å². The Kier molecular flexibility index (Phi) is 3.67. The van der Waals surface area contributed by atoms with Gasteiger partial charge in [0.1, 0.15) is 17.4 Å². The molecule has 2 aromatic rings. The van der Waals surface area contributed by atoms with Gasteiger partial charge in [0.15, 0.2) is 5.78 Å². The van der Waals surface area contributed by atoms with Crippen LogP contribution in [0, 0.1) is 18.7 Å². The minimum atomic E-state index is -0.563. The molecule has 1 atom stereocenters. The van der Waals surface area contributed by atoms with Gasteiger partial charge >= 0.3 is 0 Å². The molecule has 1 aromatic carbocycles. The van der Waals surface area contributed by atoms with Crippen molar-refractivity contribution in [2.75, 3.05) is 5.32 Å². The molecule has 5 nitrogen and oxygen atoms in total. The molecule has 120 valence electrons. The van der Waals surface area contributed by atoms with E-state index >= 15 is 0 Å². The third kappa shape index (κ3) is 2.60. The van der Waals surface area contributed by atoms with Crippen molar-refractivity contribution < 1.29 is 14.3 Å². The Hall–Kier alpha value is -2.63. The van der Waals surface area contributed by atoms with Gasteiger partial charge in [-0.15, -0.1) is 0 Å². The van der Waals surface area contributed by atoms with Crippen molar-refractivity contribution in [3.8, 4) is 5.75 Å². The number of halogens is 1. The molecule has 0 saturated carbocycles. The maximum atomic E-state index is 13.5. The largest absolute Gasteiger partial charge is 0.507 e. The van der Waals surface area contributed by atoms with Crippen molar-refractivity contribution in [2.24, 2.45) is 5.92 Å². The summed E-state index contributed by atoms with van der Waals surface area (Å²) >= 11 is 0. The van der Waals surface area contributed by atoms with Crippen LogP contribution in [0.5, 0.6) is 5.75 Å². The van der Waals surface area contributed by atoms with E-state index in [9.17, 15) is 14.3 Å². The summed E-state index contributed by atoms with van der Waals surface area (Å²) in [5, 5.41) is 17.4. The van der Waals surface area contributed by atoms with Gasteiger partial charge in [-0.05, 0) is 31.0 Å². The van der Waals surface area contributed by atoms with Gasteiger partial charge in [-0.1, -0.05) is 13.8 Å². The molecule has 1 aliphatic heterocycles. The molecule has 1 aromatic heterocycles. The summed E-state index contributed by atoms with van der Waals surface area (Å²) in [6.45, 7) is 5.86. The molecule has 1 unspecified atom stereocenters. The lowest BCUT2D eigenvalue weighted by Crippen LogP contribution is -2.28. The van der Waals surface area contributed by atoms with Crippen LogP contribution in [0.25, 0.3) is 0 Å². The first-order valence-electron chi connectivity index (χ1n) is 7.44. The van der Waals surface area contributed by atoms with Gasteiger partial charge in [-0.25, -0.2) is 9.07 Å². The number of carbonyl (C=O) groups is 1. The van der Waals surface area contributed by atoms with E-state index in [1.165, 1.54) is 6.07 Å². The van der Waals surface area contributed by atoms with Crippen LogP contribution in [0.1, 0.15) is 35.9 Å². The van der Waals surface area contributed by atoms with Gasteiger partial charge < -0.3 is 10.4 Å². The highest BCUT2D eigenvalue weighted by Gasteiger charge is 2.32. The van der Waals surface area contributed by atoms with Crippen LogP contribution in [-0.4, -0.2) is 20.7 Å². The normalized spacial score (nSPS) is 16.7. The Bertz CT molecular complexity index is 808. The second kappa shape index (κ2) is 5.53. The molecule has 1 aliphatic rings. The number of hydrogen-bond acceptors (Lipinski definition) is 4. The average molecular weight is 315 g/mol. The van der Waals surface area contributed by atoms with E-state index in [-0.39, 0.29) is 23.3 Å². The Morgan fingerprint density at radius 1 is 1.39 bits per heavy atom. The van der Waals surface area contributed by atoms with Crippen LogP contribution in [0.3, 0.4) is 0 Å². The Balaban J connectivity index is 2.06. The summed E-state index contributed by atoms with van der Waals surface area (Å²) in [4.78, 5) is 12.8. The van der Waals surface area contributed by atoms with Crippen LogP contribution in [-0.2, 0) is 0 Å². The molecule has 0 bridgehead atoms. The highest BCUT2D eigenvalue weighted by atomic mass is 19.1. The third-order valence-corrected chi connectivity index (χ3v) is 3.91. The maximum absolute atomic E-state index is 13.5. The molecule has 0 fully saturated rings. The number of rotatable bonds is 3. The number of fused-ring (bicyclic) bond motifs is 1. The summed E-state index contributed by atoms with van der Waals surface area (Å²) in [5.74, 6) is -0.302. The molecular weight excluding hydrogens is 297 g/mol. The molecule has 2 heterocycles. The molecule has 0 saturated heterocycles. The number of anilines is 1. The quantitative estimate of drug-likeness (QED) is 0.852. The molecule has 2 N–H and O–H groups in total. The van der Waals surface area contributed by atoms with Gasteiger partial charge in [0.2, 0.25) is 0 Å². The highest BCUT2D eigenvalue weighted by molar-refractivity contribution is 6.11.